The van der Waals surface area contributed by atoms with Crippen LogP contribution in [0.4, 0.5) is 0 Å². The second-order valence-electron chi connectivity index (χ2n) is 13.1. The molecule has 5 nitrogen and oxygen atoms in total. The molecule has 2 heterocycles. The van der Waals surface area contributed by atoms with E-state index in [2.05, 4.69) is 40.7 Å². The quantitative estimate of drug-likeness (QED) is 0.541. The minimum atomic E-state index is -0.800. The van der Waals surface area contributed by atoms with Gasteiger partial charge >= 0.3 is 0 Å². The lowest BCUT2D eigenvalue weighted by Crippen LogP contribution is -2.69. The van der Waals surface area contributed by atoms with E-state index in [1.54, 1.807) is 0 Å². The highest BCUT2D eigenvalue weighted by atomic mass is 16.7. The first-order valence-corrected chi connectivity index (χ1v) is 13.0. The number of rotatable bonds is 0. The molecule has 1 N–H and O–H groups in total. The van der Waals surface area contributed by atoms with Gasteiger partial charge < -0.3 is 24.1 Å². The van der Waals surface area contributed by atoms with Gasteiger partial charge in [-0.15, -0.1) is 0 Å². The summed E-state index contributed by atoms with van der Waals surface area (Å²) in [5, 5.41) is 12.8. The van der Waals surface area contributed by atoms with Crippen molar-refractivity contribution in [3.8, 4) is 0 Å². The second-order valence-corrected chi connectivity index (χ2v) is 13.1. The summed E-state index contributed by atoms with van der Waals surface area (Å²) in [5.74, 6) is 0.200. The zero-order chi connectivity index (χ0) is 22.6. The molecule has 5 heteroatoms. The van der Waals surface area contributed by atoms with Crippen LogP contribution in [0.2, 0.25) is 0 Å². The van der Waals surface area contributed by atoms with Crippen molar-refractivity contribution in [2.75, 3.05) is 26.4 Å². The molecule has 5 fully saturated rings. The molecule has 6 rings (SSSR count). The number of fused-ring (bicyclic) bond motifs is 6. The Bertz CT molecular complexity index is 816. The summed E-state index contributed by atoms with van der Waals surface area (Å²) in [6.45, 7) is 14.2. The van der Waals surface area contributed by atoms with Crippen LogP contribution in [-0.4, -0.2) is 48.7 Å². The molecule has 0 unspecified atom stereocenters. The van der Waals surface area contributed by atoms with Crippen LogP contribution in [0, 0.1) is 34.0 Å². The van der Waals surface area contributed by atoms with E-state index < -0.39 is 17.2 Å². The van der Waals surface area contributed by atoms with Crippen molar-refractivity contribution in [3.05, 3.63) is 11.6 Å². The van der Waals surface area contributed by atoms with Gasteiger partial charge in [0.05, 0.1) is 32.0 Å². The van der Waals surface area contributed by atoms with Crippen molar-refractivity contribution in [3.63, 3.8) is 0 Å². The molecule has 0 aromatic rings. The minimum absolute atomic E-state index is 0.0278. The first-order chi connectivity index (χ1) is 15.0. The summed E-state index contributed by atoms with van der Waals surface area (Å²) >= 11 is 0. The zero-order valence-corrected chi connectivity index (χ0v) is 20.7. The van der Waals surface area contributed by atoms with Crippen LogP contribution in [-0.2, 0) is 18.9 Å². The Balaban J connectivity index is 1.47. The molecule has 2 saturated heterocycles. The summed E-state index contributed by atoms with van der Waals surface area (Å²) in [4.78, 5) is 0. The fourth-order valence-corrected chi connectivity index (χ4v) is 9.30. The Morgan fingerprint density at radius 3 is 2.22 bits per heavy atom. The van der Waals surface area contributed by atoms with E-state index in [0.29, 0.717) is 38.3 Å². The van der Waals surface area contributed by atoms with Gasteiger partial charge in [-0.25, -0.2) is 0 Å². The first kappa shape index (κ1) is 22.0. The Labute approximate surface area is 193 Å². The predicted molar refractivity (Wildman–Crippen MR) is 121 cm³/mol. The molecular formula is C27H42O5. The summed E-state index contributed by atoms with van der Waals surface area (Å²) in [5.41, 5.74) is 0.232. The van der Waals surface area contributed by atoms with Gasteiger partial charge in [0, 0.05) is 24.2 Å². The van der Waals surface area contributed by atoms with Crippen LogP contribution >= 0.6 is 0 Å². The number of hydrogen-bond acceptors (Lipinski definition) is 5. The van der Waals surface area contributed by atoms with Crippen molar-refractivity contribution in [2.45, 2.75) is 96.7 Å². The highest BCUT2D eigenvalue weighted by molar-refractivity contribution is 5.31. The molecule has 180 valence electrons. The van der Waals surface area contributed by atoms with E-state index in [4.69, 9.17) is 18.9 Å². The van der Waals surface area contributed by atoms with Crippen LogP contribution in [0.5, 0.6) is 0 Å². The molecule has 0 radical (unpaired) electrons. The third kappa shape index (κ3) is 2.58. The lowest BCUT2D eigenvalue weighted by Gasteiger charge is -2.67. The SMILES string of the molecule is CC(C)(C)[C@]1(O)C[C@@]2(C)[C@@H](CCC23OCCO3)[C@@H]2CCC3=CC4(CC[C@]3(C)[C@H]21)OCCO4. The molecule has 6 atom stereocenters. The molecule has 0 aromatic heterocycles. The molecular weight excluding hydrogens is 404 g/mol. The van der Waals surface area contributed by atoms with Gasteiger partial charge in [0.1, 0.15) is 0 Å². The maximum absolute atomic E-state index is 12.8. The first-order valence-electron chi connectivity index (χ1n) is 13.0. The molecule has 6 aliphatic rings. The van der Waals surface area contributed by atoms with Crippen molar-refractivity contribution >= 4 is 0 Å². The summed E-state index contributed by atoms with van der Waals surface area (Å²) in [6, 6.07) is 0. The van der Waals surface area contributed by atoms with E-state index in [0.717, 1.165) is 44.9 Å². The van der Waals surface area contributed by atoms with Crippen LogP contribution in [0.3, 0.4) is 0 Å². The molecule has 0 bridgehead atoms. The Morgan fingerprint density at radius 1 is 0.906 bits per heavy atom. The van der Waals surface area contributed by atoms with Gasteiger partial charge in [-0.2, -0.15) is 0 Å². The van der Waals surface area contributed by atoms with Crippen LogP contribution in [0.25, 0.3) is 0 Å². The van der Waals surface area contributed by atoms with E-state index >= 15 is 0 Å². The average Bonchev–Trinajstić information content (AvgIpc) is 3.43. The van der Waals surface area contributed by atoms with Crippen molar-refractivity contribution < 1.29 is 24.1 Å². The van der Waals surface area contributed by atoms with E-state index in [-0.39, 0.29) is 22.2 Å². The van der Waals surface area contributed by atoms with Gasteiger partial charge in [-0.05, 0) is 60.8 Å². The van der Waals surface area contributed by atoms with Gasteiger partial charge in [0.25, 0.3) is 0 Å². The van der Waals surface area contributed by atoms with Gasteiger partial charge in [-0.3, -0.25) is 0 Å². The van der Waals surface area contributed by atoms with Crippen LogP contribution < -0.4 is 0 Å². The third-order valence-electron chi connectivity index (χ3n) is 11.0. The number of hydrogen-bond donors (Lipinski definition) is 1. The lowest BCUT2D eigenvalue weighted by atomic mass is 9.39. The molecule has 2 spiro atoms. The van der Waals surface area contributed by atoms with Crippen molar-refractivity contribution in [2.24, 2.45) is 34.0 Å². The van der Waals surface area contributed by atoms with Crippen LogP contribution in [0.15, 0.2) is 11.6 Å². The lowest BCUT2D eigenvalue weighted by molar-refractivity contribution is -0.295. The summed E-state index contributed by atoms with van der Waals surface area (Å²) < 4.78 is 24.9. The Morgan fingerprint density at radius 2 is 1.56 bits per heavy atom. The smallest absolute Gasteiger partial charge is 0.188 e. The maximum atomic E-state index is 12.8. The van der Waals surface area contributed by atoms with Crippen molar-refractivity contribution in [1.29, 1.82) is 0 Å². The number of aliphatic hydroxyl groups is 1. The van der Waals surface area contributed by atoms with Gasteiger partial charge in [0.2, 0.25) is 0 Å². The molecule has 32 heavy (non-hydrogen) atoms. The fraction of sp³-hybridized carbons (Fsp3) is 0.926. The average molecular weight is 447 g/mol. The molecule has 4 aliphatic carbocycles. The summed E-state index contributed by atoms with van der Waals surface area (Å²) in [6.07, 6.45) is 9.26. The van der Waals surface area contributed by atoms with E-state index in [9.17, 15) is 5.11 Å². The van der Waals surface area contributed by atoms with E-state index in [1.165, 1.54) is 5.57 Å². The monoisotopic (exact) mass is 446 g/mol. The van der Waals surface area contributed by atoms with Gasteiger partial charge in [-0.1, -0.05) is 40.2 Å². The fourth-order valence-electron chi connectivity index (χ4n) is 9.30. The van der Waals surface area contributed by atoms with Gasteiger partial charge in [0.15, 0.2) is 11.6 Å². The maximum Gasteiger partial charge on any atom is 0.188 e. The van der Waals surface area contributed by atoms with E-state index in [1.807, 2.05) is 0 Å². The highest BCUT2D eigenvalue weighted by Gasteiger charge is 2.74. The molecule has 0 aromatic carbocycles. The van der Waals surface area contributed by atoms with Crippen molar-refractivity contribution in [1.82, 2.24) is 0 Å². The number of allylic oxidation sites excluding steroid dienone is 1. The third-order valence-corrected chi connectivity index (χ3v) is 11.0. The normalized spacial score (nSPS) is 49.1. The second kappa shape index (κ2) is 6.60. The molecule has 0 amide bonds. The predicted octanol–water partition coefficient (Wildman–Crippen LogP) is 4.82. The largest absolute Gasteiger partial charge is 0.389 e. The zero-order valence-electron chi connectivity index (χ0n) is 20.7. The highest BCUT2D eigenvalue weighted by Crippen LogP contribution is 2.73. The Kier molecular flexibility index (Phi) is 4.54. The Hall–Kier alpha value is -0.460. The summed E-state index contributed by atoms with van der Waals surface area (Å²) in [7, 11) is 0. The number of ether oxygens (including phenoxy) is 4. The minimum Gasteiger partial charge on any atom is -0.389 e. The molecule has 2 aliphatic heterocycles. The molecule has 3 saturated carbocycles. The van der Waals surface area contributed by atoms with Crippen LogP contribution in [0.1, 0.15) is 79.6 Å². The topological polar surface area (TPSA) is 57.2 Å². The standard InChI is InChI=1S/C27H42O5/c1-22(2,3)26(28)17-24(5)20(8-9-27(24)31-14-15-32-27)19-7-6-18-16-25(29-12-13-30-25)11-10-23(18,4)21(19)26/h16,19-21,28H,6-15,17H2,1-5H3/t19-,20-,21-,23-,24-,26-/m0/s1.